The summed E-state index contributed by atoms with van der Waals surface area (Å²) in [5, 5.41) is 5.40. The van der Waals surface area contributed by atoms with Gasteiger partial charge in [0.15, 0.2) is 0 Å². The number of carbonyl (C=O) groups is 2. The van der Waals surface area contributed by atoms with E-state index >= 15 is 0 Å². The average molecular weight is 313 g/mol. The molecule has 98 valence electrons. The molecule has 0 heterocycles. The lowest BCUT2D eigenvalue weighted by atomic mass is 10.1. The van der Waals surface area contributed by atoms with Crippen molar-refractivity contribution in [3.8, 4) is 0 Å². The molecule has 4 nitrogen and oxygen atoms in total. The Kier molecular flexibility index (Phi) is 5.34. The third-order valence-electron chi connectivity index (χ3n) is 2.52. The summed E-state index contributed by atoms with van der Waals surface area (Å²) in [6, 6.07) is 7.10. The van der Waals surface area contributed by atoms with Gasteiger partial charge in [0.25, 0.3) is 0 Å². The van der Waals surface area contributed by atoms with Crippen molar-refractivity contribution in [2.24, 2.45) is 0 Å². The molecule has 2 atom stereocenters. The van der Waals surface area contributed by atoms with Crippen molar-refractivity contribution >= 4 is 27.7 Å². The van der Waals surface area contributed by atoms with Crippen LogP contribution in [0.3, 0.4) is 0 Å². The van der Waals surface area contributed by atoms with Crippen LogP contribution >= 0.6 is 15.9 Å². The maximum atomic E-state index is 11.8. The van der Waals surface area contributed by atoms with E-state index in [1.165, 1.54) is 6.92 Å². The molecule has 0 radical (unpaired) electrons. The van der Waals surface area contributed by atoms with Crippen LogP contribution in [0.15, 0.2) is 28.7 Å². The van der Waals surface area contributed by atoms with Crippen molar-refractivity contribution in [2.75, 3.05) is 0 Å². The number of halogens is 1. The second-order valence-electron chi connectivity index (χ2n) is 4.21. The average Bonchev–Trinajstić information content (AvgIpc) is 2.27. The van der Waals surface area contributed by atoms with Crippen molar-refractivity contribution in [2.45, 2.75) is 32.9 Å². The van der Waals surface area contributed by atoms with Gasteiger partial charge in [0, 0.05) is 11.4 Å². The van der Waals surface area contributed by atoms with E-state index in [4.69, 9.17) is 0 Å². The Morgan fingerprint density at radius 2 is 1.89 bits per heavy atom. The second-order valence-corrected chi connectivity index (χ2v) is 5.12. The zero-order chi connectivity index (χ0) is 13.7. The van der Waals surface area contributed by atoms with Crippen LogP contribution in [0.25, 0.3) is 0 Å². The summed E-state index contributed by atoms with van der Waals surface area (Å²) in [5.74, 6) is -0.412. The van der Waals surface area contributed by atoms with Crippen LogP contribution < -0.4 is 10.6 Å². The van der Waals surface area contributed by atoms with E-state index in [0.29, 0.717) is 0 Å². The highest BCUT2D eigenvalue weighted by atomic mass is 79.9. The number of amides is 2. The predicted octanol–water partition coefficient (Wildman–Crippen LogP) is 2.15. The Morgan fingerprint density at radius 1 is 1.22 bits per heavy atom. The first-order chi connectivity index (χ1) is 8.40. The standard InChI is InChI=1S/C13H17BrN2O2/c1-8(11-5-4-6-12(14)7-11)16-13(18)9(2)15-10(3)17/h4-9H,1-3H3,(H,15,17)(H,16,18)/t8-,9+/m0/s1. The SMILES string of the molecule is CC(=O)N[C@H](C)C(=O)N[C@@H](C)c1cccc(Br)c1. The Labute approximate surface area is 115 Å². The predicted molar refractivity (Wildman–Crippen MR) is 74.0 cm³/mol. The number of nitrogens with one attached hydrogen (secondary N) is 2. The van der Waals surface area contributed by atoms with Crippen LogP contribution in [0.1, 0.15) is 32.4 Å². The fraction of sp³-hybridized carbons (Fsp3) is 0.385. The molecule has 0 fully saturated rings. The second kappa shape index (κ2) is 6.54. The smallest absolute Gasteiger partial charge is 0.242 e. The summed E-state index contributed by atoms with van der Waals surface area (Å²) in [7, 11) is 0. The van der Waals surface area contributed by atoms with Crippen LogP contribution in [-0.2, 0) is 9.59 Å². The fourth-order valence-corrected chi connectivity index (χ4v) is 1.99. The van der Waals surface area contributed by atoms with Crippen molar-refractivity contribution in [1.29, 1.82) is 0 Å². The molecule has 0 aliphatic rings. The summed E-state index contributed by atoms with van der Waals surface area (Å²) >= 11 is 3.39. The molecule has 1 aromatic carbocycles. The van der Waals surface area contributed by atoms with Crippen LogP contribution in [0.2, 0.25) is 0 Å². The van der Waals surface area contributed by atoms with Gasteiger partial charge in [0.1, 0.15) is 6.04 Å². The van der Waals surface area contributed by atoms with E-state index in [1.54, 1.807) is 6.92 Å². The van der Waals surface area contributed by atoms with Gasteiger partial charge in [-0.3, -0.25) is 9.59 Å². The van der Waals surface area contributed by atoms with Crippen molar-refractivity contribution in [3.63, 3.8) is 0 Å². The van der Waals surface area contributed by atoms with Gasteiger partial charge in [-0.1, -0.05) is 28.1 Å². The molecule has 0 spiro atoms. The van der Waals surface area contributed by atoms with E-state index in [1.807, 2.05) is 31.2 Å². The quantitative estimate of drug-likeness (QED) is 0.895. The molecular weight excluding hydrogens is 296 g/mol. The lowest BCUT2D eigenvalue weighted by molar-refractivity contribution is -0.128. The van der Waals surface area contributed by atoms with Gasteiger partial charge in [-0.05, 0) is 31.5 Å². The third kappa shape index (κ3) is 4.49. The highest BCUT2D eigenvalue weighted by Gasteiger charge is 2.16. The first kappa shape index (κ1) is 14.7. The molecule has 5 heteroatoms. The molecule has 0 saturated heterocycles. The van der Waals surface area contributed by atoms with Crippen molar-refractivity contribution in [3.05, 3.63) is 34.3 Å². The summed E-state index contributed by atoms with van der Waals surface area (Å²) in [6.07, 6.45) is 0. The topological polar surface area (TPSA) is 58.2 Å². The van der Waals surface area contributed by atoms with E-state index in [0.717, 1.165) is 10.0 Å². The first-order valence-electron chi connectivity index (χ1n) is 5.73. The lowest BCUT2D eigenvalue weighted by Gasteiger charge is -2.18. The molecular formula is C13H17BrN2O2. The molecule has 18 heavy (non-hydrogen) atoms. The van der Waals surface area contributed by atoms with E-state index in [-0.39, 0.29) is 17.9 Å². The van der Waals surface area contributed by atoms with Crippen LogP contribution in [0, 0.1) is 0 Å². The van der Waals surface area contributed by atoms with Gasteiger partial charge in [0.05, 0.1) is 6.04 Å². The Morgan fingerprint density at radius 3 is 2.44 bits per heavy atom. The molecule has 1 rings (SSSR count). The molecule has 2 amide bonds. The van der Waals surface area contributed by atoms with Crippen LogP contribution in [0.4, 0.5) is 0 Å². The summed E-state index contributed by atoms with van der Waals surface area (Å²) < 4.78 is 0.969. The molecule has 0 saturated carbocycles. The van der Waals surface area contributed by atoms with E-state index < -0.39 is 6.04 Å². The van der Waals surface area contributed by atoms with Gasteiger partial charge < -0.3 is 10.6 Å². The van der Waals surface area contributed by atoms with E-state index in [2.05, 4.69) is 26.6 Å². The maximum Gasteiger partial charge on any atom is 0.242 e. The summed E-state index contributed by atoms with van der Waals surface area (Å²) in [6.45, 7) is 4.95. The molecule has 0 aliphatic carbocycles. The zero-order valence-electron chi connectivity index (χ0n) is 10.7. The molecule has 0 aliphatic heterocycles. The summed E-state index contributed by atoms with van der Waals surface area (Å²) in [5.41, 5.74) is 1.01. The fourth-order valence-electron chi connectivity index (χ4n) is 1.57. The lowest BCUT2D eigenvalue weighted by Crippen LogP contribution is -2.44. The Balaban J connectivity index is 2.62. The Hall–Kier alpha value is -1.36. The Bertz CT molecular complexity index is 448. The highest BCUT2D eigenvalue weighted by Crippen LogP contribution is 2.17. The van der Waals surface area contributed by atoms with Crippen molar-refractivity contribution in [1.82, 2.24) is 10.6 Å². The molecule has 1 aromatic rings. The number of hydrogen-bond donors (Lipinski definition) is 2. The largest absolute Gasteiger partial charge is 0.348 e. The minimum atomic E-state index is -0.530. The van der Waals surface area contributed by atoms with Gasteiger partial charge in [-0.25, -0.2) is 0 Å². The first-order valence-corrected chi connectivity index (χ1v) is 6.52. The van der Waals surface area contributed by atoms with Crippen molar-refractivity contribution < 1.29 is 9.59 Å². The minimum absolute atomic E-state index is 0.105. The summed E-state index contributed by atoms with van der Waals surface area (Å²) in [4.78, 5) is 22.7. The molecule has 2 N–H and O–H groups in total. The van der Waals surface area contributed by atoms with Gasteiger partial charge in [-0.2, -0.15) is 0 Å². The zero-order valence-corrected chi connectivity index (χ0v) is 12.2. The van der Waals surface area contributed by atoms with E-state index in [9.17, 15) is 9.59 Å². The third-order valence-corrected chi connectivity index (χ3v) is 3.01. The molecule has 0 bridgehead atoms. The number of rotatable bonds is 4. The molecule has 0 aromatic heterocycles. The molecule has 0 unspecified atom stereocenters. The number of carbonyl (C=O) groups excluding carboxylic acids is 2. The van der Waals surface area contributed by atoms with Gasteiger partial charge in [-0.15, -0.1) is 0 Å². The number of benzene rings is 1. The normalized spacial score (nSPS) is 13.6. The number of hydrogen-bond acceptors (Lipinski definition) is 2. The van der Waals surface area contributed by atoms with Gasteiger partial charge >= 0.3 is 0 Å². The van der Waals surface area contributed by atoms with Gasteiger partial charge in [0.2, 0.25) is 11.8 Å². The van der Waals surface area contributed by atoms with Crippen LogP contribution in [-0.4, -0.2) is 17.9 Å². The monoisotopic (exact) mass is 312 g/mol. The van der Waals surface area contributed by atoms with Crippen LogP contribution in [0.5, 0.6) is 0 Å². The highest BCUT2D eigenvalue weighted by molar-refractivity contribution is 9.10. The maximum absolute atomic E-state index is 11.8. The minimum Gasteiger partial charge on any atom is -0.348 e.